The highest BCUT2D eigenvalue weighted by atomic mass is 79.9. The van der Waals surface area contributed by atoms with Crippen molar-refractivity contribution in [1.29, 1.82) is 0 Å². The van der Waals surface area contributed by atoms with Crippen LogP contribution in [0.1, 0.15) is 17.6 Å². The number of nitrogens with one attached hydrogen (secondary N) is 1. The molecule has 2 aromatic heterocycles. The topological polar surface area (TPSA) is 38.3 Å². The Labute approximate surface area is 104 Å². The van der Waals surface area contributed by atoms with E-state index in [2.05, 4.69) is 37.2 Å². The van der Waals surface area contributed by atoms with Crippen molar-refractivity contribution in [3.63, 3.8) is 0 Å². The van der Waals surface area contributed by atoms with Crippen LogP contribution < -0.4 is 5.32 Å². The SMILES string of the molecule is CNC(c1ccc(Br)o1)c1ccc(Br)o1. The van der Waals surface area contributed by atoms with Crippen LogP contribution in [0.3, 0.4) is 0 Å². The summed E-state index contributed by atoms with van der Waals surface area (Å²) in [4.78, 5) is 0. The summed E-state index contributed by atoms with van der Waals surface area (Å²) in [6, 6.07) is 7.46. The van der Waals surface area contributed by atoms with Gasteiger partial charge in [0, 0.05) is 0 Å². The molecule has 0 fully saturated rings. The van der Waals surface area contributed by atoms with E-state index in [-0.39, 0.29) is 6.04 Å². The molecule has 5 heteroatoms. The second-order valence-corrected chi connectivity index (χ2v) is 4.57. The molecule has 0 aromatic carbocycles. The standard InChI is InChI=1S/C10H9Br2NO2/c1-13-10(6-2-4-8(11)14-6)7-3-5-9(12)15-7/h2-5,10,13H,1H3. The Morgan fingerprint density at radius 1 is 1.00 bits per heavy atom. The molecule has 0 amide bonds. The van der Waals surface area contributed by atoms with Gasteiger partial charge in [0.1, 0.15) is 17.6 Å². The van der Waals surface area contributed by atoms with Crippen LogP contribution in [0.4, 0.5) is 0 Å². The minimum absolute atomic E-state index is 0.0670. The molecule has 0 bridgehead atoms. The molecule has 0 aliphatic heterocycles. The Balaban J connectivity index is 2.32. The molecule has 2 aromatic rings. The third-order valence-electron chi connectivity index (χ3n) is 2.05. The predicted molar refractivity (Wildman–Crippen MR) is 63.7 cm³/mol. The van der Waals surface area contributed by atoms with Crippen LogP contribution in [-0.4, -0.2) is 7.05 Å². The van der Waals surface area contributed by atoms with Crippen LogP contribution in [0.25, 0.3) is 0 Å². The summed E-state index contributed by atoms with van der Waals surface area (Å²) in [5, 5.41) is 3.13. The van der Waals surface area contributed by atoms with Crippen molar-refractivity contribution in [3.8, 4) is 0 Å². The van der Waals surface area contributed by atoms with Gasteiger partial charge < -0.3 is 14.2 Å². The lowest BCUT2D eigenvalue weighted by Gasteiger charge is -2.09. The summed E-state index contributed by atoms with van der Waals surface area (Å²) in [6.07, 6.45) is 0. The van der Waals surface area contributed by atoms with Gasteiger partial charge in [0.15, 0.2) is 9.34 Å². The Bertz CT molecular complexity index is 409. The van der Waals surface area contributed by atoms with Gasteiger partial charge in [-0.25, -0.2) is 0 Å². The van der Waals surface area contributed by atoms with Gasteiger partial charge in [0.05, 0.1) is 0 Å². The van der Waals surface area contributed by atoms with Gasteiger partial charge in [-0.15, -0.1) is 0 Å². The molecule has 2 rings (SSSR count). The molecular formula is C10H9Br2NO2. The number of furan rings is 2. The Morgan fingerprint density at radius 2 is 1.47 bits per heavy atom. The molecule has 2 heterocycles. The van der Waals surface area contributed by atoms with Crippen LogP contribution in [0.15, 0.2) is 42.4 Å². The van der Waals surface area contributed by atoms with Gasteiger partial charge in [0.25, 0.3) is 0 Å². The molecular weight excluding hydrogens is 326 g/mol. The smallest absolute Gasteiger partial charge is 0.169 e. The van der Waals surface area contributed by atoms with Gasteiger partial charge in [0.2, 0.25) is 0 Å². The zero-order chi connectivity index (χ0) is 10.8. The molecule has 3 nitrogen and oxygen atoms in total. The molecule has 0 atom stereocenters. The van der Waals surface area contributed by atoms with Crippen LogP contribution in [0.2, 0.25) is 0 Å². The summed E-state index contributed by atoms with van der Waals surface area (Å²) in [5.74, 6) is 1.62. The fraction of sp³-hybridized carbons (Fsp3) is 0.200. The number of rotatable bonds is 3. The van der Waals surface area contributed by atoms with Crippen LogP contribution in [-0.2, 0) is 0 Å². The number of halogens is 2. The van der Waals surface area contributed by atoms with Gasteiger partial charge in [-0.05, 0) is 63.2 Å². The minimum Gasteiger partial charge on any atom is -0.452 e. The maximum atomic E-state index is 5.48. The molecule has 80 valence electrons. The summed E-state index contributed by atoms with van der Waals surface area (Å²) in [5.41, 5.74) is 0. The van der Waals surface area contributed by atoms with E-state index >= 15 is 0 Å². The Kier molecular flexibility index (Phi) is 3.33. The average Bonchev–Trinajstić information content (AvgIpc) is 2.78. The fourth-order valence-electron chi connectivity index (χ4n) is 1.39. The fourth-order valence-corrected chi connectivity index (χ4v) is 2.03. The molecule has 0 unspecified atom stereocenters. The van der Waals surface area contributed by atoms with Crippen LogP contribution >= 0.6 is 31.9 Å². The van der Waals surface area contributed by atoms with Crippen molar-refractivity contribution in [3.05, 3.63) is 45.1 Å². The second-order valence-electron chi connectivity index (χ2n) is 3.01. The van der Waals surface area contributed by atoms with E-state index in [1.807, 2.05) is 31.3 Å². The summed E-state index contributed by atoms with van der Waals surface area (Å²) in [7, 11) is 1.86. The first kappa shape index (κ1) is 11.0. The number of hydrogen-bond donors (Lipinski definition) is 1. The zero-order valence-corrected chi connectivity index (χ0v) is 11.1. The molecule has 15 heavy (non-hydrogen) atoms. The summed E-state index contributed by atoms with van der Waals surface area (Å²) in [6.45, 7) is 0. The first-order valence-corrected chi connectivity index (χ1v) is 5.97. The first-order valence-electron chi connectivity index (χ1n) is 4.38. The van der Waals surface area contributed by atoms with Gasteiger partial charge >= 0.3 is 0 Å². The van der Waals surface area contributed by atoms with Crippen molar-refractivity contribution in [1.82, 2.24) is 5.32 Å². The highest BCUT2D eigenvalue weighted by Crippen LogP contribution is 2.28. The third kappa shape index (κ3) is 2.35. The normalized spacial score (nSPS) is 11.2. The van der Waals surface area contributed by atoms with Crippen molar-refractivity contribution in [2.75, 3.05) is 7.05 Å². The summed E-state index contributed by atoms with van der Waals surface area (Å²) >= 11 is 6.55. The van der Waals surface area contributed by atoms with Crippen molar-refractivity contribution < 1.29 is 8.83 Å². The maximum Gasteiger partial charge on any atom is 0.169 e. The highest BCUT2D eigenvalue weighted by molar-refractivity contribution is 9.10. The highest BCUT2D eigenvalue weighted by Gasteiger charge is 2.18. The van der Waals surface area contributed by atoms with Crippen LogP contribution in [0.5, 0.6) is 0 Å². The minimum atomic E-state index is -0.0670. The van der Waals surface area contributed by atoms with Crippen molar-refractivity contribution in [2.24, 2.45) is 0 Å². The monoisotopic (exact) mass is 333 g/mol. The van der Waals surface area contributed by atoms with E-state index in [9.17, 15) is 0 Å². The third-order valence-corrected chi connectivity index (χ3v) is 2.90. The zero-order valence-electron chi connectivity index (χ0n) is 7.96. The molecule has 0 saturated heterocycles. The van der Waals surface area contributed by atoms with E-state index in [0.717, 1.165) is 11.5 Å². The van der Waals surface area contributed by atoms with E-state index < -0.39 is 0 Å². The van der Waals surface area contributed by atoms with E-state index in [0.29, 0.717) is 9.34 Å². The van der Waals surface area contributed by atoms with Crippen LogP contribution in [0, 0.1) is 0 Å². The lowest BCUT2D eigenvalue weighted by Crippen LogP contribution is -2.16. The van der Waals surface area contributed by atoms with Gasteiger partial charge in [-0.1, -0.05) is 0 Å². The van der Waals surface area contributed by atoms with Crippen molar-refractivity contribution >= 4 is 31.9 Å². The van der Waals surface area contributed by atoms with Gasteiger partial charge in [-0.2, -0.15) is 0 Å². The lowest BCUT2D eigenvalue weighted by molar-refractivity contribution is 0.389. The quantitative estimate of drug-likeness (QED) is 0.930. The molecule has 0 saturated carbocycles. The Hall–Kier alpha value is -0.520. The van der Waals surface area contributed by atoms with E-state index in [1.165, 1.54) is 0 Å². The molecule has 0 spiro atoms. The van der Waals surface area contributed by atoms with Gasteiger partial charge in [-0.3, -0.25) is 0 Å². The maximum absolute atomic E-state index is 5.48. The van der Waals surface area contributed by atoms with Crippen molar-refractivity contribution in [2.45, 2.75) is 6.04 Å². The first-order chi connectivity index (χ1) is 7.20. The number of hydrogen-bond acceptors (Lipinski definition) is 3. The van der Waals surface area contributed by atoms with E-state index in [4.69, 9.17) is 8.83 Å². The Morgan fingerprint density at radius 3 is 1.73 bits per heavy atom. The summed E-state index contributed by atoms with van der Waals surface area (Å²) < 4.78 is 12.4. The molecule has 0 aliphatic rings. The molecule has 1 N–H and O–H groups in total. The van der Waals surface area contributed by atoms with E-state index in [1.54, 1.807) is 0 Å². The molecule has 0 radical (unpaired) electrons. The largest absolute Gasteiger partial charge is 0.452 e. The molecule has 0 aliphatic carbocycles. The predicted octanol–water partition coefficient (Wildman–Crippen LogP) is 3.71. The average molecular weight is 335 g/mol. The second kappa shape index (κ2) is 4.55. The lowest BCUT2D eigenvalue weighted by atomic mass is 10.2.